The van der Waals surface area contributed by atoms with Crippen molar-refractivity contribution in [2.24, 2.45) is 10.7 Å². The number of alkyl halides is 3. The molecule has 0 amide bonds. The lowest BCUT2D eigenvalue weighted by atomic mass is 9.98. The molecule has 0 atom stereocenters. The maximum atomic E-state index is 12.7. The Bertz CT molecular complexity index is 1810. The predicted octanol–water partition coefficient (Wildman–Crippen LogP) is 6.39. The number of nitrogens with zero attached hydrogens (tertiary/aromatic N) is 2. The molecule has 0 aliphatic heterocycles. The van der Waals surface area contributed by atoms with E-state index in [1.165, 1.54) is 36.6 Å². The molecule has 2 N–H and O–H groups in total. The van der Waals surface area contributed by atoms with Crippen molar-refractivity contribution >= 4 is 27.7 Å². The number of esters is 1. The molecule has 4 rings (SSSR count). The van der Waals surface area contributed by atoms with E-state index >= 15 is 0 Å². The SMILES string of the molecule is CCOC(=O)C(N)=CC=Nc1ccc(-c2cccc(S(C)(=O)=O)c2)cc1-c1oc(C)nc1-c1ccc(OC(F)(F)F)cc1. The smallest absolute Gasteiger partial charge is 0.461 e. The van der Waals surface area contributed by atoms with Crippen molar-refractivity contribution in [3.8, 4) is 39.5 Å². The van der Waals surface area contributed by atoms with E-state index in [1.807, 2.05) is 0 Å². The third-order valence-electron chi connectivity index (χ3n) is 5.91. The molecule has 0 bridgehead atoms. The van der Waals surface area contributed by atoms with Gasteiger partial charge in [-0.15, -0.1) is 13.2 Å². The summed E-state index contributed by atoms with van der Waals surface area (Å²) in [5.41, 5.74) is 8.35. The molecule has 0 unspecified atom stereocenters. The van der Waals surface area contributed by atoms with Crippen molar-refractivity contribution in [3.05, 3.63) is 84.4 Å². The van der Waals surface area contributed by atoms with E-state index in [1.54, 1.807) is 44.2 Å². The van der Waals surface area contributed by atoms with Gasteiger partial charge in [0.1, 0.15) is 17.1 Å². The standard InChI is InChI=1S/C30H26F3N3O6S/c1-4-40-29(37)25(34)14-15-35-26-13-10-21(20-6-5-7-23(16-20)43(3,38)39)17-24(26)28-27(36-18(2)41-28)19-8-11-22(12-9-19)42-30(31,32)33/h5-17H,4,34H2,1-3H3. The Morgan fingerprint density at radius 2 is 1.72 bits per heavy atom. The molecule has 1 heterocycles. The summed E-state index contributed by atoms with van der Waals surface area (Å²) >= 11 is 0. The summed E-state index contributed by atoms with van der Waals surface area (Å²) in [7, 11) is -3.48. The summed E-state index contributed by atoms with van der Waals surface area (Å²) in [4.78, 5) is 20.9. The lowest BCUT2D eigenvalue weighted by Crippen LogP contribution is -2.16. The first-order valence-corrected chi connectivity index (χ1v) is 14.6. The highest BCUT2D eigenvalue weighted by molar-refractivity contribution is 7.90. The predicted molar refractivity (Wildman–Crippen MR) is 154 cm³/mol. The average molecular weight is 614 g/mol. The van der Waals surface area contributed by atoms with Crippen LogP contribution in [0.1, 0.15) is 12.8 Å². The summed E-state index contributed by atoms with van der Waals surface area (Å²) in [6.07, 6.45) is -1.15. The van der Waals surface area contributed by atoms with Crippen molar-refractivity contribution in [2.75, 3.05) is 12.9 Å². The van der Waals surface area contributed by atoms with E-state index in [4.69, 9.17) is 14.9 Å². The van der Waals surface area contributed by atoms with Crippen LogP contribution in [0.4, 0.5) is 18.9 Å². The van der Waals surface area contributed by atoms with Gasteiger partial charge in [0.25, 0.3) is 0 Å². The molecule has 0 aliphatic carbocycles. The van der Waals surface area contributed by atoms with Crippen LogP contribution in [0, 0.1) is 6.92 Å². The van der Waals surface area contributed by atoms with Gasteiger partial charge in [-0.3, -0.25) is 4.99 Å². The highest BCUT2D eigenvalue weighted by atomic mass is 32.2. The number of benzene rings is 3. The molecule has 0 radical (unpaired) electrons. The third kappa shape index (κ3) is 7.89. The minimum atomic E-state index is -4.84. The Hall–Kier alpha value is -4.91. The fourth-order valence-corrected chi connectivity index (χ4v) is 4.68. The lowest BCUT2D eigenvalue weighted by Gasteiger charge is -2.11. The molecule has 13 heteroatoms. The summed E-state index contributed by atoms with van der Waals surface area (Å²) in [5.74, 6) is -0.590. The first-order valence-electron chi connectivity index (χ1n) is 12.7. The van der Waals surface area contributed by atoms with E-state index in [-0.39, 0.29) is 28.9 Å². The van der Waals surface area contributed by atoms with Gasteiger partial charge < -0.3 is 19.6 Å². The number of rotatable bonds is 9. The topological polar surface area (TPSA) is 134 Å². The first-order chi connectivity index (χ1) is 20.2. The average Bonchev–Trinajstić information content (AvgIpc) is 3.33. The number of oxazole rings is 1. The van der Waals surface area contributed by atoms with Crippen LogP contribution in [0.3, 0.4) is 0 Å². The zero-order valence-corrected chi connectivity index (χ0v) is 24.0. The van der Waals surface area contributed by atoms with Crippen molar-refractivity contribution in [1.82, 2.24) is 4.98 Å². The Labute approximate surface area is 245 Å². The minimum Gasteiger partial charge on any atom is -0.461 e. The summed E-state index contributed by atoms with van der Waals surface area (Å²) in [6, 6.07) is 16.6. The number of ether oxygens (including phenoxy) is 2. The molecule has 0 saturated carbocycles. The van der Waals surface area contributed by atoms with Gasteiger partial charge in [0.2, 0.25) is 0 Å². The number of hydrogen-bond donors (Lipinski definition) is 1. The Kier molecular flexibility index (Phi) is 9.04. The monoisotopic (exact) mass is 613 g/mol. The highest BCUT2D eigenvalue weighted by Crippen LogP contribution is 2.41. The zero-order chi connectivity index (χ0) is 31.4. The van der Waals surface area contributed by atoms with E-state index in [0.29, 0.717) is 33.6 Å². The van der Waals surface area contributed by atoms with Crippen LogP contribution < -0.4 is 10.5 Å². The van der Waals surface area contributed by atoms with Crippen molar-refractivity contribution in [2.45, 2.75) is 25.1 Å². The fourth-order valence-electron chi connectivity index (χ4n) is 4.02. The minimum absolute atomic E-state index is 0.130. The molecule has 0 fully saturated rings. The van der Waals surface area contributed by atoms with Crippen molar-refractivity contribution in [3.63, 3.8) is 0 Å². The number of carbonyl (C=O) groups excluding carboxylic acids is 1. The number of aliphatic imine (C=N–C) groups is 1. The molecule has 3 aromatic carbocycles. The summed E-state index contributed by atoms with van der Waals surface area (Å²) < 4.78 is 77.1. The van der Waals surface area contributed by atoms with Gasteiger partial charge in [-0.25, -0.2) is 18.2 Å². The van der Waals surface area contributed by atoms with Gasteiger partial charge in [-0.1, -0.05) is 18.2 Å². The molecule has 4 aromatic rings. The molecule has 0 spiro atoms. The molecular weight excluding hydrogens is 587 g/mol. The molecular formula is C30H26F3N3O6S. The van der Waals surface area contributed by atoms with Crippen molar-refractivity contribution in [1.29, 1.82) is 0 Å². The van der Waals surface area contributed by atoms with Crippen LogP contribution in [0.5, 0.6) is 5.75 Å². The second-order valence-electron chi connectivity index (χ2n) is 9.14. The van der Waals surface area contributed by atoms with Crippen LogP contribution in [0.25, 0.3) is 33.7 Å². The number of carbonyl (C=O) groups is 1. The number of aryl methyl sites for hydroxylation is 1. The summed E-state index contributed by atoms with van der Waals surface area (Å²) in [6.45, 7) is 3.40. The number of halogens is 3. The van der Waals surface area contributed by atoms with E-state index in [2.05, 4.69) is 14.7 Å². The molecule has 43 heavy (non-hydrogen) atoms. The maximum absolute atomic E-state index is 12.7. The Balaban J connectivity index is 1.85. The lowest BCUT2D eigenvalue weighted by molar-refractivity contribution is -0.274. The zero-order valence-electron chi connectivity index (χ0n) is 23.2. The molecule has 1 aromatic heterocycles. The van der Waals surface area contributed by atoms with Crippen LogP contribution in [0.15, 0.2) is 92.8 Å². The number of hydrogen-bond acceptors (Lipinski definition) is 9. The number of aromatic nitrogens is 1. The van der Waals surface area contributed by atoms with E-state index in [9.17, 15) is 26.4 Å². The maximum Gasteiger partial charge on any atom is 0.573 e. The third-order valence-corrected chi connectivity index (χ3v) is 7.02. The number of allylic oxidation sites excluding steroid dienone is 1. The van der Waals surface area contributed by atoms with Gasteiger partial charge in [-0.05, 0) is 72.7 Å². The van der Waals surface area contributed by atoms with E-state index in [0.717, 1.165) is 18.4 Å². The second kappa shape index (κ2) is 12.5. The first kappa shape index (κ1) is 31.0. The molecule has 0 saturated heterocycles. The highest BCUT2D eigenvalue weighted by Gasteiger charge is 2.31. The number of sulfone groups is 1. The molecule has 0 aliphatic rings. The molecule has 9 nitrogen and oxygen atoms in total. The fraction of sp³-hybridized carbons (Fsp3) is 0.167. The van der Waals surface area contributed by atoms with Gasteiger partial charge in [-0.2, -0.15) is 0 Å². The Morgan fingerprint density at radius 1 is 1.05 bits per heavy atom. The Morgan fingerprint density at radius 3 is 2.37 bits per heavy atom. The van der Waals surface area contributed by atoms with Crippen LogP contribution in [-0.2, 0) is 19.4 Å². The van der Waals surface area contributed by atoms with Gasteiger partial charge in [0.15, 0.2) is 21.5 Å². The second-order valence-corrected chi connectivity index (χ2v) is 11.2. The summed E-state index contributed by atoms with van der Waals surface area (Å²) in [5, 5.41) is 0. The van der Waals surface area contributed by atoms with Gasteiger partial charge in [0.05, 0.1) is 17.2 Å². The van der Waals surface area contributed by atoms with E-state index < -0.39 is 27.9 Å². The van der Waals surface area contributed by atoms with Crippen LogP contribution in [-0.4, -0.2) is 44.8 Å². The normalized spacial score (nSPS) is 12.5. The largest absolute Gasteiger partial charge is 0.573 e. The molecule has 224 valence electrons. The van der Waals surface area contributed by atoms with Crippen LogP contribution in [0.2, 0.25) is 0 Å². The van der Waals surface area contributed by atoms with Crippen LogP contribution >= 0.6 is 0 Å². The number of nitrogens with two attached hydrogens (primary N) is 1. The van der Waals surface area contributed by atoms with Gasteiger partial charge in [0, 0.05) is 30.5 Å². The van der Waals surface area contributed by atoms with Gasteiger partial charge >= 0.3 is 12.3 Å². The quantitative estimate of drug-likeness (QED) is 0.130. The van der Waals surface area contributed by atoms with Crippen molar-refractivity contribution < 1.29 is 40.3 Å².